The van der Waals surface area contributed by atoms with Crippen molar-refractivity contribution in [1.82, 2.24) is 14.7 Å². The number of carbonyl (C=O) groups is 2. The topological polar surface area (TPSA) is 85.1 Å². The van der Waals surface area contributed by atoms with Crippen LogP contribution in [0.1, 0.15) is 16.1 Å². The first-order valence-electron chi connectivity index (χ1n) is 8.56. The minimum absolute atomic E-state index is 0.174. The molecule has 1 aromatic heterocycles. The van der Waals surface area contributed by atoms with Crippen LogP contribution in [-0.2, 0) is 11.8 Å². The first kappa shape index (κ1) is 19.4. The second kappa shape index (κ2) is 8.14. The van der Waals surface area contributed by atoms with Crippen molar-refractivity contribution in [2.75, 3.05) is 11.9 Å². The van der Waals surface area contributed by atoms with Crippen molar-refractivity contribution in [2.45, 2.75) is 6.92 Å². The number of aromatic nitrogens is 2. The molecule has 7 nitrogen and oxygen atoms in total. The molecule has 0 unspecified atom stereocenters. The Bertz CT molecular complexity index is 1090. The van der Waals surface area contributed by atoms with Crippen LogP contribution < -0.4 is 16.2 Å². The van der Waals surface area contributed by atoms with Crippen LogP contribution in [0.2, 0.25) is 5.02 Å². The zero-order valence-electron chi connectivity index (χ0n) is 15.4. The van der Waals surface area contributed by atoms with Gasteiger partial charge in [0.25, 0.3) is 11.5 Å². The molecular formula is C20H19ClN4O3. The second-order valence-corrected chi connectivity index (χ2v) is 6.61. The lowest BCUT2D eigenvalue weighted by molar-refractivity contribution is -0.115. The number of anilines is 1. The van der Waals surface area contributed by atoms with Crippen molar-refractivity contribution in [1.29, 1.82) is 0 Å². The van der Waals surface area contributed by atoms with Gasteiger partial charge in [0.2, 0.25) is 5.91 Å². The van der Waals surface area contributed by atoms with Crippen molar-refractivity contribution in [3.05, 3.63) is 81.2 Å². The van der Waals surface area contributed by atoms with Crippen molar-refractivity contribution in [2.24, 2.45) is 7.05 Å². The third-order valence-electron chi connectivity index (χ3n) is 4.31. The number of benzene rings is 2. The Kier molecular flexibility index (Phi) is 5.65. The van der Waals surface area contributed by atoms with Crippen LogP contribution in [0.5, 0.6) is 0 Å². The Balaban J connectivity index is 1.73. The molecule has 2 amide bonds. The SMILES string of the molecule is Cc1c(NC(=O)CNC(=O)c2cccc(Cl)c2)c(=O)n(-c2ccccc2)n1C. The second-order valence-electron chi connectivity index (χ2n) is 6.18. The van der Waals surface area contributed by atoms with Crippen molar-refractivity contribution in [3.63, 3.8) is 0 Å². The monoisotopic (exact) mass is 398 g/mol. The maximum atomic E-state index is 12.8. The summed E-state index contributed by atoms with van der Waals surface area (Å²) < 4.78 is 3.13. The lowest BCUT2D eigenvalue weighted by Crippen LogP contribution is -2.34. The van der Waals surface area contributed by atoms with Gasteiger partial charge in [0, 0.05) is 17.6 Å². The average Bonchev–Trinajstić information content (AvgIpc) is 2.90. The van der Waals surface area contributed by atoms with E-state index in [4.69, 9.17) is 11.6 Å². The summed E-state index contributed by atoms with van der Waals surface area (Å²) in [4.78, 5) is 37.1. The van der Waals surface area contributed by atoms with E-state index in [9.17, 15) is 14.4 Å². The van der Waals surface area contributed by atoms with Crippen molar-refractivity contribution >= 4 is 29.1 Å². The first-order valence-corrected chi connectivity index (χ1v) is 8.94. The van der Waals surface area contributed by atoms with Gasteiger partial charge in [-0.15, -0.1) is 0 Å². The van der Waals surface area contributed by atoms with E-state index in [1.54, 1.807) is 49.0 Å². The molecule has 0 saturated heterocycles. The van der Waals surface area contributed by atoms with E-state index in [0.29, 0.717) is 22.0 Å². The molecule has 0 atom stereocenters. The fourth-order valence-corrected chi connectivity index (χ4v) is 2.98. The molecule has 0 saturated carbocycles. The maximum absolute atomic E-state index is 12.8. The molecule has 1 heterocycles. The summed E-state index contributed by atoms with van der Waals surface area (Å²) in [6, 6.07) is 15.5. The number of rotatable bonds is 5. The molecule has 2 aromatic carbocycles. The van der Waals surface area contributed by atoms with E-state index in [1.807, 2.05) is 18.2 Å². The molecule has 0 aliphatic rings. The van der Waals surface area contributed by atoms with Crippen LogP contribution in [0.3, 0.4) is 0 Å². The molecule has 0 aliphatic heterocycles. The number of halogens is 1. The molecule has 0 aliphatic carbocycles. The highest BCUT2D eigenvalue weighted by atomic mass is 35.5. The molecule has 3 aromatic rings. The molecular weight excluding hydrogens is 380 g/mol. The third-order valence-corrected chi connectivity index (χ3v) is 4.55. The quantitative estimate of drug-likeness (QED) is 0.692. The Morgan fingerprint density at radius 2 is 1.79 bits per heavy atom. The van der Waals surface area contributed by atoms with Crippen LogP contribution in [0.4, 0.5) is 5.69 Å². The lowest BCUT2D eigenvalue weighted by atomic mass is 10.2. The molecule has 0 spiro atoms. The summed E-state index contributed by atoms with van der Waals surface area (Å²) in [6.45, 7) is 1.46. The van der Waals surface area contributed by atoms with Gasteiger partial charge in [0.1, 0.15) is 5.69 Å². The minimum atomic E-state index is -0.499. The van der Waals surface area contributed by atoms with Crippen LogP contribution in [-0.4, -0.2) is 27.7 Å². The molecule has 0 bridgehead atoms. The average molecular weight is 399 g/mol. The number of hydrogen-bond donors (Lipinski definition) is 2. The van der Waals surface area contributed by atoms with E-state index in [-0.39, 0.29) is 17.8 Å². The summed E-state index contributed by atoms with van der Waals surface area (Å²) in [5.74, 6) is -0.925. The largest absolute Gasteiger partial charge is 0.343 e. The van der Waals surface area contributed by atoms with Gasteiger partial charge in [-0.3, -0.25) is 19.1 Å². The summed E-state index contributed by atoms with van der Waals surface area (Å²) in [6.07, 6.45) is 0. The molecule has 0 fully saturated rings. The predicted octanol–water partition coefficient (Wildman–Crippen LogP) is 2.51. The normalized spacial score (nSPS) is 10.5. The molecule has 8 heteroatoms. The van der Waals surface area contributed by atoms with Crippen LogP contribution in [0, 0.1) is 6.92 Å². The van der Waals surface area contributed by atoms with Gasteiger partial charge in [-0.05, 0) is 37.3 Å². The third kappa shape index (κ3) is 3.99. The first-order chi connectivity index (χ1) is 13.4. The van der Waals surface area contributed by atoms with Crippen LogP contribution in [0.25, 0.3) is 5.69 Å². The van der Waals surface area contributed by atoms with Crippen molar-refractivity contribution < 1.29 is 9.59 Å². The van der Waals surface area contributed by atoms with E-state index in [0.717, 1.165) is 0 Å². The lowest BCUT2D eigenvalue weighted by Gasteiger charge is -2.07. The number of amides is 2. The maximum Gasteiger partial charge on any atom is 0.295 e. The highest BCUT2D eigenvalue weighted by molar-refractivity contribution is 6.31. The smallest absolute Gasteiger partial charge is 0.295 e. The molecule has 2 N–H and O–H groups in total. The number of nitrogens with one attached hydrogen (secondary N) is 2. The zero-order valence-corrected chi connectivity index (χ0v) is 16.2. The Morgan fingerprint density at radius 1 is 1.07 bits per heavy atom. The van der Waals surface area contributed by atoms with Gasteiger partial charge >= 0.3 is 0 Å². The van der Waals surface area contributed by atoms with Crippen LogP contribution in [0.15, 0.2) is 59.4 Å². The fraction of sp³-hybridized carbons (Fsp3) is 0.150. The summed E-state index contributed by atoms with van der Waals surface area (Å²) in [5, 5.41) is 5.54. The van der Waals surface area contributed by atoms with Gasteiger partial charge in [-0.25, -0.2) is 4.68 Å². The number of hydrogen-bond acceptors (Lipinski definition) is 3. The van der Waals surface area contributed by atoms with E-state index in [2.05, 4.69) is 10.6 Å². The molecule has 3 rings (SSSR count). The standard InChI is InChI=1S/C20H19ClN4O3/c1-13-18(20(28)25(24(13)2)16-9-4-3-5-10-16)23-17(26)12-22-19(27)14-7-6-8-15(21)11-14/h3-11H,12H2,1-2H3,(H,22,27)(H,23,26). The predicted molar refractivity (Wildman–Crippen MR) is 108 cm³/mol. The molecule has 144 valence electrons. The number of nitrogens with zero attached hydrogens (tertiary/aromatic N) is 2. The van der Waals surface area contributed by atoms with Gasteiger partial charge in [0.05, 0.1) is 17.9 Å². The summed E-state index contributed by atoms with van der Waals surface area (Å²) >= 11 is 5.86. The Morgan fingerprint density at radius 3 is 2.46 bits per heavy atom. The van der Waals surface area contributed by atoms with Gasteiger partial charge < -0.3 is 10.6 Å². The van der Waals surface area contributed by atoms with E-state index < -0.39 is 11.8 Å². The molecule has 0 radical (unpaired) electrons. The number of carbonyl (C=O) groups excluding carboxylic acids is 2. The van der Waals surface area contributed by atoms with E-state index in [1.165, 1.54) is 10.7 Å². The van der Waals surface area contributed by atoms with Gasteiger partial charge in [-0.2, -0.15) is 0 Å². The minimum Gasteiger partial charge on any atom is -0.343 e. The Hall–Kier alpha value is -3.32. The summed E-state index contributed by atoms with van der Waals surface area (Å²) in [7, 11) is 1.74. The van der Waals surface area contributed by atoms with Gasteiger partial charge in [0.15, 0.2) is 0 Å². The van der Waals surface area contributed by atoms with E-state index >= 15 is 0 Å². The number of para-hydroxylation sites is 1. The highest BCUT2D eigenvalue weighted by Gasteiger charge is 2.18. The van der Waals surface area contributed by atoms with Crippen molar-refractivity contribution in [3.8, 4) is 5.69 Å². The van der Waals surface area contributed by atoms with Crippen LogP contribution >= 0.6 is 11.6 Å². The Labute approximate surface area is 166 Å². The fourth-order valence-electron chi connectivity index (χ4n) is 2.79. The molecule has 28 heavy (non-hydrogen) atoms. The van der Waals surface area contributed by atoms with Gasteiger partial charge in [-0.1, -0.05) is 35.9 Å². The summed E-state index contributed by atoms with van der Waals surface area (Å²) in [5.41, 5.74) is 1.47. The zero-order chi connectivity index (χ0) is 20.3. The highest BCUT2D eigenvalue weighted by Crippen LogP contribution is 2.14.